The second-order valence-electron chi connectivity index (χ2n) is 7.25. The number of ether oxygens (including phenoxy) is 1. The summed E-state index contributed by atoms with van der Waals surface area (Å²) >= 11 is 3.38. The molecule has 1 N–H and O–H groups in total. The molecule has 1 atom stereocenters. The molecule has 3 rings (SSSR count). The normalized spacial score (nSPS) is 15.6. The first-order valence-corrected chi connectivity index (χ1v) is 10.2. The molecule has 0 spiro atoms. The van der Waals surface area contributed by atoms with Crippen molar-refractivity contribution in [3.63, 3.8) is 0 Å². The van der Waals surface area contributed by atoms with E-state index in [1.165, 1.54) is 11.0 Å². The van der Waals surface area contributed by atoms with E-state index >= 15 is 0 Å². The Morgan fingerprint density at radius 3 is 2.65 bits per heavy atom. The Labute approximate surface area is 186 Å². The van der Waals surface area contributed by atoms with Gasteiger partial charge in [-0.25, -0.2) is 0 Å². The summed E-state index contributed by atoms with van der Waals surface area (Å²) in [6.07, 6.45) is -0.0893. The van der Waals surface area contributed by atoms with Crippen LogP contribution in [0, 0.1) is 29.9 Å². The number of benzene rings is 2. The summed E-state index contributed by atoms with van der Waals surface area (Å²) in [6, 6.07) is 9.75. The zero-order valence-corrected chi connectivity index (χ0v) is 18.5. The molecule has 1 heterocycles. The number of nitro benzene ring substituents is 1. The first-order chi connectivity index (χ1) is 14.7. The van der Waals surface area contributed by atoms with Crippen molar-refractivity contribution >= 4 is 50.8 Å². The summed E-state index contributed by atoms with van der Waals surface area (Å²) in [5.74, 6) is -2.25. The van der Waals surface area contributed by atoms with Crippen LogP contribution in [-0.2, 0) is 19.1 Å². The van der Waals surface area contributed by atoms with Crippen molar-refractivity contribution in [2.45, 2.75) is 20.3 Å². The second-order valence-corrected chi connectivity index (χ2v) is 8.11. The largest absolute Gasteiger partial charge is 0.455 e. The maximum absolute atomic E-state index is 12.4. The quantitative estimate of drug-likeness (QED) is 0.376. The Bertz CT molecular complexity index is 1070. The number of nitro groups is 1. The highest BCUT2D eigenvalue weighted by Gasteiger charge is 2.37. The molecule has 2 aromatic carbocycles. The van der Waals surface area contributed by atoms with Gasteiger partial charge in [0.2, 0.25) is 5.91 Å². The van der Waals surface area contributed by atoms with Gasteiger partial charge in [-0.3, -0.25) is 24.5 Å². The molecule has 162 valence electrons. The van der Waals surface area contributed by atoms with E-state index in [1.54, 1.807) is 37.3 Å². The van der Waals surface area contributed by atoms with E-state index in [-0.39, 0.29) is 24.6 Å². The predicted molar refractivity (Wildman–Crippen MR) is 117 cm³/mol. The summed E-state index contributed by atoms with van der Waals surface area (Å²) < 4.78 is 5.99. The zero-order valence-electron chi connectivity index (χ0n) is 16.9. The SMILES string of the molecule is Cc1cc(NC(=O)COC(=O)[C@H]2CC(=O)N(c3ccc(C)c([N+](=O)[O-])c3)C2)ccc1Br. The van der Waals surface area contributed by atoms with Gasteiger partial charge in [-0.2, -0.15) is 0 Å². The fourth-order valence-corrected chi connectivity index (χ4v) is 3.50. The molecule has 0 aliphatic carbocycles. The highest BCUT2D eigenvalue weighted by Crippen LogP contribution is 2.30. The number of halogens is 1. The molecule has 1 aliphatic rings. The lowest BCUT2D eigenvalue weighted by atomic mass is 10.1. The van der Waals surface area contributed by atoms with Crippen LogP contribution in [-0.4, -0.2) is 35.9 Å². The van der Waals surface area contributed by atoms with Crippen molar-refractivity contribution in [3.05, 3.63) is 62.1 Å². The number of hydrogen-bond donors (Lipinski definition) is 1. The summed E-state index contributed by atoms with van der Waals surface area (Å²) in [6.45, 7) is 3.04. The van der Waals surface area contributed by atoms with Crippen LogP contribution in [0.1, 0.15) is 17.5 Å². The minimum absolute atomic E-state index is 0.0331. The number of nitrogens with zero attached hydrogens (tertiary/aromatic N) is 2. The maximum atomic E-state index is 12.4. The Morgan fingerprint density at radius 2 is 1.97 bits per heavy atom. The molecule has 2 aromatic rings. The van der Waals surface area contributed by atoms with E-state index in [1.807, 2.05) is 6.92 Å². The molecule has 2 amide bonds. The number of anilines is 2. The minimum Gasteiger partial charge on any atom is -0.455 e. The summed E-state index contributed by atoms with van der Waals surface area (Å²) in [5.41, 5.74) is 2.24. The number of carbonyl (C=O) groups is 3. The maximum Gasteiger partial charge on any atom is 0.311 e. The molecular weight excluding hydrogens is 470 g/mol. The van der Waals surface area contributed by atoms with E-state index in [4.69, 9.17) is 4.74 Å². The van der Waals surface area contributed by atoms with Crippen LogP contribution in [0.25, 0.3) is 0 Å². The fourth-order valence-electron chi connectivity index (χ4n) is 3.25. The molecular formula is C21H20BrN3O6. The number of amides is 2. The first kappa shape index (κ1) is 22.4. The first-order valence-electron chi connectivity index (χ1n) is 9.43. The number of esters is 1. The number of carbonyl (C=O) groups excluding carboxylic acids is 3. The molecule has 0 bridgehead atoms. The summed E-state index contributed by atoms with van der Waals surface area (Å²) in [5, 5.41) is 13.8. The van der Waals surface area contributed by atoms with Gasteiger partial charge in [-0.15, -0.1) is 0 Å². The molecule has 0 radical (unpaired) electrons. The lowest BCUT2D eigenvalue weighted by molar-refractivity contribution is -0.385. The lowest BCUT2D eigenvalue weighted by Crippen LogP contribution is -2.28. The van der Waals surface area contributed by atoms with Crippen molar-refractivity contribution in [1.29, 1.82) is 0 Å². The molecule has 1 aliphatic heterocycles. The van der Waals surface area contributed by atoms with Crippen LogP contribution in [0.4, 0.5) is 17.1 Å². The van der Waals surface area contributed by atoms with Crippen LogP contribution < -0.4 is 10.2 Å². The van der Waals surface area contributed by atoms with Crippen molar-refractivity contribution in [2.24, 2.45) is 5.92 Å². The monoisotopic (exact) mass is 489 g/mol. The Kier molecular flexibility index (Phi) is 6.69. The molecule has 0 aromatic heterocycles. The molecule has 1 saturated heterocycles. The molecule has 0 saturated carbocycles. The average molecular weight is 490 g/mol. The third-order valence-corrected chi connectivity index (χ3v) is 5.84. The van der Waals surface area contributed by atoms with E-state index in [0.29, 0.717) is 16.9 Å². The second kappa shape index (κ2) is 9.25. The van der Waals surface area contributed by atoms with Gasteiger partial charge in [0.1, 0.15) is 0 Å². The lowest BCUT2D eigenvalue weighted by Gasteiger charge is -2.16. The Morgan fingerprint density at radius 1 is 1.23 bits per heavy atom. The number of aryl methyl sites for hydroxylation is 2. The van der Waals surface area contributed by atoms with Gasteiger partial charge in [-0.05, 0) is 43.7 Å². The van der Waals surface area contributed by atoms with Gasteiger partial charge in [0.15, 0.2) is 6.61 Å². The third kappa shape index (κ3) is 5.26. The third-order valence-electron chi connectivity index (χ3n) is 4.95. The van der Waals surface area contributed by atoms with E-state index in [9.17, 15) is 24.5 Å². The van der Waals surface area contributed by atoms with Crippen molar-refractivity contribution in [3.8, 4) is 0 Å². The van der Waals surface area contributed by atoms with Crippen LogP contribution in [0.5, 0.6) is 0 Å². The standard InChI is InChI=1S/C21H20BrN3O6/c1-12-3-5-16(9-18(12)25(29)30)24-10-14(8-20(24)27)21(28)31-11-19(26)23-15-4-6-17(22)13(2)7-15/h3-7,9,14H,8,10-11H2,1-2H3,(H,23,26)/t14-/m0/s1. The van der Waals surface area contributed by atoms with Crippen LogP contribution in [0.15, 0.2) is 40.9 Å². The highest BCUT2D eigenvalue weighted by molar-refractivity contribution is 9.10. The number of rotatable bonds is 6. The van der Waals surface area contributed by atoms with Crippen LogP contribution in [0.2, 0.25) is 0 Å². The number of hydrogen-bond acceptors (Lipinski definition) is 6. The van der Waals surface area contributed by atoms with E-state index in [2.05, 4.69) is 21.2 Å². The predicted octanol–water partition coefficient (Wildman–Crippen LogP) is 3.51. The van der Waals surface area contributed by atoms with Crippen LogP contribution >= 0.6 is 15.9 Å². The van der Waals surface area contributed by atoms with Gasteiger partial charge in [-0.1, -0.05) is 22.0 Å². The number of nitrogens with one attached hydrogen (secondary N) is 1. The molecule has 10 heteroatoms. The molecule has 1 fully saturated rings. The highest BCUT2D eigenvalue weighted by atomic mass is 79.9. The fraction of sp³-hybridized carbons (Fsp3) is 0.286. The van der Waals surface area contributed by atoms with Crippen molar-refractivity contribution in [1.82, 2.24) is 0 Å². The smallest absolute Gasteiger partial charge is 0.311 e. The van der Waals surface area contributed by atoms with Gasteiger partial charge in [0.05, 0.1) is 16.5 Å². The molecule has 0 unspecified atom stereocenters. The molecule has 9 nitrogen and oxygen atoms in total. The zero-order chi connectivity index (χ0) is 22.7. The van der Waals surface area contributed by atoms with Gasteiger partial charge < -0.3 is 15.0 Å². The van der Waals surface area contributed by atoms with Crippen molar-refractivity contribution < 1.29 is 24.0 Å². The van der Waals surface area contributed by atoms with E-state index < -0.39 is 29.3 Å². The van der Waals surface area contributed by atoms with E-state index in [0.717, 1.165) is 10.0 Å². The Hall–Kier alpha value is -3.27. The minimum atomic E-state index is -0.754. The van der Waals surface area contributed by atoms with Gasteiger partial charge in [0.25, 0.3) is 11.6 Å². The molecule has 31 heavy (non-hydrogen) atoms. The Balaban J connectivity index is 1.57. The summed E-state index contributed by atoms with van der Waals surface area (Å²) in [4.78, 5) is 48.7. The van der Waals surface area contributed by atoms with Crippen molar-refractivity contribution in [2.75, 3.05) is 23.4 Å². The van der Waals surface area contributed by atoms with Crippen LogP contribution in [0.3, 0.4) is 0 Å². The van der Waals surface area contributed by atoms with Gasteiger partial charge in [0, 0.05) is 34.8 Å². The average Bonchev–Trinajstić information content (AvgIpc) is 3.11. The van der Waals surface area contributed by atoms with Gasteiger partial charge >= 0.3 is 5.97 Å². The topological polar surface area (TPSA) is 119 Å². The summed E-state index contributed by atoms with van der Waals surface area (Å²) in [7, 11) is 0.